The zero-order valence-corrected chi connectivity index (χ0v) is 9.24. The normalized spacial score (nSPS) is 27.0. The molecule has 0 amide bonds. The molecule has 1 N–H and O–H groups in total. The number of nitrogens with one attached hydrogen (secondary N) is 1. The molecule has 5 heteroatoms. The Labute approximate surface area is 91.5 Å². The van der Waals surface area contributed by atoms with Crippen LogP contribution in [0.25, 0.3) is 0 Å². The number of rotatable bonds is 3. The first-order valence-corrected chi connectivity index (χ1v) is 5.91. The van der Waals surface area contributed by atoms with Gasteiger partial charge in [-0.1, -0.05) is 11.6 Å². The first-order chi connectivity index (χ1) is 6.74. The molecule has 1 heterocycles. The van der Waals surface area contributed by atoms with E-state index < -0.39 is 6.17 Å². The molecule has 0 aromatic carbocycles. The monoisotopic (exact) mass is 234 g/mol. The second-order valence-corrected chi connectivity index (χ2v) is 5.29. The minimum absolute atomic E-state index is 0.313. The standard InChI is InChI=1S/C9H12ClFN2S/c10-8-4-13-9(14-8)5-12-7-2-1-6(11)3-7/h4,6-7,12H,1-3,5H2. The molecule has 2 atom stereocenters. The molecular formula is C9H12ClFN2S. The molecule has 2 rings (SSSR count). The highest BCUT2D eigenvalue weighted by atomic mass is 35.5. The number of halogens is 2. The second-order valence-electron chi connectivity index (χ2n) is 3.55. The molecule has 78 valence electrons. The lowest BCUT2D eigenvalue weighted by atomic mass is 10.2. The molecule has 0 bridgehead atoms. The van der Waals surface area contributed by atoms with Gasteiger partial charge in [-0.25, -0.2) is 9.37 Å². The number of hydrogen-bond acceptors (Lipinski definition) is 3. The van der Waals surface area contributed by atoms with E-state index in [1.165, 1.54) is 11.3 Å². The van der Waals surface area contributed by atoms with Gasteiger partial charge in [0.2, 0.25) is 0 Å². The van der Waals surface area contributed by atoms with E-state index in [-0.39, 0.29) is 0 Å². The molecule has 2 unspecified atom stereocenters. The Bertz CT molecular complexity index is 305. The lowest BCUT2D eigenvalue weighted by Crippen LogP contribution is -2.25. The Balaban J connectivity index is 1.77. The summed E-state index contributed by atoms with van der Waals surface area (Å²) < 4.78 is 13.5. The van der Waals surface area contributed by atoms with Crippen molar-refractivity contribution in [2.24, 2.45) is 0 Å². The smallest absolute Gasteiger partial charge is 0.113 e. The van der Waals surface area contributed by atoms with Crippen LogP contribution in [0.2, 0.25) is 4.34 Å². The molecule has 0 spiro atoms. The zero-order chi connectivity index (χ0) is 9.97. The van der Waals surface area contributed by atoms with E-state index in [1.54, 1.807) is 6.20 Å². The number of thiazole rings is 1. The van der Waals surface area contributed by atoms with Gasteiger partial charge in [-0.3, -0.25) is 0 Å². The van der Waals surface area contributed by atoms with Crippen LogP contribution in [0.1, 0.15) is 24.3 Å². The molecule has 1 fully saturated rings. The molecule has 2 nitrogen and oxygen atoms in total. The third kappa shape index (κ3) is 2.65. The second kappa shape index (κ2) is 4.55. The van der Waals surface area contributed by atoms with Crippen LogP contribution >= 0.6 is 22.9 Å². The summed E-state index contributed by atoms with van der Waals surface area (Å²) in [5, 5.41) is 4.26. The summed E-state index contributed by atoms with van der Waals surface area (Å²) in [6.07, 6.45) is 3.29. The minimum atomic E-state index is -0.618. The van der Waals surface area contributed by atoms with Crippen LogP contribution < -0.4 is 5.32 Å². The largest absolute Gasteiger partial charge is 0.308 e. The van der Waals surface area contributed by atoms with E-state index in [0.717, 1.165) is 11.4 Å². The molecule has 1 saturated carbocycles. The van der Waals surface area contributed by atoms with Crippen molar-refractivity contribution in [3.63, 3.8) is 0 Å². The Morgan fingerprint density at radius 1 is 1.64 bits per heavy atom. The van der Waals surface area contributed by atoms with Crippen molar-refractivity contribution in [3.8, 4) is 0 Å². The van der Waals surface area contributed by atoms with Gasteiger partial charge in [0.25, 0.3) is 0 Å². The van der Waals surface area contributed by atoms with Crippen molar-refractivity contribution in [1.29, 1.82) is 0 Å². The van der Waals surface area contributed by atoms with Gasteiger partial charge in [0.05, 0.1) is 6.20 Å². The highest BCUT2D eigenvalue weighted by Crippen LogP contribution is 2.23. The fraction of sp³-hybridized carbons (Fsp3) is 0.667. The summed E-state index contributed by atoms with van der Waals surface area (Å²) in [4.78, 5) is 4.13. The van der Waals surface area contributed by atoms with Gasteiger partial charge in [-0.2, -0.15) is 0 Å². The maximum Gasteiger partial charge on any atom is 0.113 e. The van der Waals surface area contributed by atoms with E-state index in [2.05, 4.69) is 10.3 Å². The van der Waals surface area contributed by atoms with Gasteiger partial charge in [-0.05, 0) is 19.3 Å². The molecule has 1 aromatic rings. The summed E-state index contributed by atoms with van der Waals surface area (Å²) in [5.41, 5.74) is 0. The van der Waals surface area contributed by atoms with Crippen LogP contribution in [-0.2, 0) is 6.54 Å². The fourth-order valence-corrected chi connectivity index (χ4v) is 2.62. The molecule has 1 aliphatic rings. The van der Waals surface area contributed by atoms with Gasteiger partial charge in [-0.15, -0.1) is 11.3 Å². The average molecular weight is 235 g/mol. The van der Waals surface area contributed by atoms with Crippen molar-refractivity contribution in [2.45, 2.75) is 38.0 Å². The first-order valence-electron chi connectivity index (χ1n) is 4.71. The van der Waals surface area contributed by atoms with Crippen LogP contribution in [0.5, 0.6) is 0 Å². The van der Waals surface area contributed by atoms with Gasteiger partial charge in [0.15, 0.2) is 0 Å². The number of alkyl halides is 1. The fourth-order valence-electron chi connectivity index (χ4n) is 1.71. The van der Waals surface area contributed by atoms with Crippen LogP contribution in [0, 0.1) is 0 Å². The predicted octanol–water partition coefficient (Wildman–Crippen LogP) is 2.78. The summed E-state index contributed by atoms with van der Waals surface area (Å²) in [7, 11) is 0. The third-order valence-electron chi connectivity index (χ3n) is 2.44. The first kappa shape index (κ1) is 10.3. The van der Waals surface area contributed by atoms with E-state index in [1.807, 2.05) is 0 Å². The minimum Gasteiger partial charge on any atom is -0.308 e. The maximum absolute atomic E-state index is 12.8. The van der Waals surface area contributed by atoms with Gasteiger partial charge < -0.3 is 5.32 Å². The van der Waals surface area contributed by atoms with Crippen LogP contribution in [0.3, 0.4) is 0 Å². The van der Waals surface area contributed by atoms with Crippen molar-refractivity contribution < 1.29 is 4.39 Å². The maximum atomic E-state index is 12.8. The molecule has 1 aliphatic carbocycles. The summed E-state index contributed by atoms with van der Waals surface area (Å²) in [5.74, 6) is 0. The Morgan fingerprint density at radius 3 is 3.07 bits per heavy atom. The van der Waals surface area contributed by atoms with Gasteiger partial charge in [0.1, 0.15) is 15.5 Å². The van der Waals surface area contributed by atoms with Crippen molar-refractivity contribution in [1.82, 2.24) is 10.3 Å². The van der Waals surface area contributed by atoms with Gasteiger partial charge in [0, 0.05) is 12.6 Å². The summed E-state index contributed by atoms with van der Waals surface area (Å²) in [6, 6.07) is 0.313. The Kier molecular flexibility index (Phi) is 3.36. The van der Waals surface area contributed by atoms with Crippen LogP contribution in [0.4, 0.5) is 4.39 Å². The van der Waals surface area contributed by atoms with E-state index in [4.69, 9.17) is 11.6 Å². The molecule has 1 aromatic heterocycles. The molecular weight excluding hydrogens is 223 g/mol. The number of hydrogen-bond donors (Lipinski definition) is 1. The van der Waals surface area contributed by atoms with E-state index >= 15 is 0 Å². The van der Waals surface area contributed by atoms with Crippen molar-refractivity contribution >= 4 is 22.9 Å². The third-order valence-corrected chi connectivity index (χ3v) is 3.55. The van der Waals surface area contributed by atoms with Crippen LogP contribution in [-0.4, -0.2) is 17.2 Å². The van der Waals surface area contributed by atoms with E-state index in [0.29, 0.717) is 29.8 Å². The number of nitrogens with zero attached hydrogens (tertiary/aromatic N) is 1. The Morgan fingerprint density at radius 2 is 2.50 bits per heavy atom. The number of aromatic nitrogens is 1. The zero-order valence-electron chi connectivity index (χ0n) is 7.67. The summed E-state index contributed by atoms with van der Waals surface area (Å²) >= 11 is 7.22. The van der Waals surface area contributed by atoms with E-state index in [9.17, 15) is 4.39 Å². The molecule has 0 radical (unpaired) electrons. The predicted molar refractivity (Wildman–Crippen MR) is 56.5 cm³/mol. The highest BCUT2D eigenvalue weighted by molar-refractivity contribution is 7.15. The average Bonchev–Trinajstić information content (AvgIpc) is 2.72. The lowest BCUT2D eigenvalue weighted by molar-refractivity contribution is 0.333. The van der Waals surface area contributed by atoms with Gasteiger partial charge >= 0.3 is 0 Å². The molecule has 14 heavy (non-hydrogen) atoms. The molecule has 0 aliphatic heterocycles. The van der Waals surface area contributed by atoms with Crippen LogP contribution in [0.15, 0.2) is 6.20 Å². The molecule has 0 saturated heterocycles. The topological polar surface area (TPSA) is 24.9 Å². The van der Waals surface area contributed by atoms with Crippen molar-refractivity contribution in [3.05, 3.63) is 15.5 Å². The quantitative estimate of drug-likeness (QED) is 0.870. The Hall–Kier alpha value is -0.190. The van der Waals surface area contributed by atoms with Crippen molar-refractivity contribution in [2.75, 3.05) is 0 Å². The highest BCUT2D eigenvalue weighted by Gasteiger charge is 2.23. The lowest BCUT2D eigenvalue weighted by Gasteiger charge is -2.09. The summed E-state index contributed by atoms with van der Waals surface area (Å²) in [6.45, 7) is 0.703. The SMILES string of the molecule is FC1CCC(NCc2ncc(Cl)s2)C1.